The number of benzene rings is 1. The van der Waals surface area contributed by atoms with Gasteiger partial charge in [0.15, 0.2) is 11.5 Å². The first-order valence-electron chi connectivity index (χ1n) is 6.02. The van der Waals surface area contributed by atoms with Gasteiger partial charge in [-0.25, -0.2) is 0 Å². The van der Waals surface area contributed by atoms with Crippen molar-refractivity contribution in [2.24, 2.45) is 5.92 Å². The highest BCUT2D eigenvalue weighted by molar-refractivity contribution is 5.48. The fraction of sp³-hybridized carbons (Fsp3) is 0.538. The Bertz CT molecular complexity index is 374. The van der Waals surface area contributed by atoms with E-state index in [1.54, 1.807) is 0 Å². The molecular formula is C13H17NO2. The average molecular weight is 219 g/mol. The Morgan fingerprint density at radius 2 is 2.19 bits per heavy atom. The number of rotatable bonds is 4. The van der Waals surface area contributed by atoms with Gasteiger partial charge in [-0.3, -0.25) is 0 Å². The molecule has 0 saturated heterocycles. The van der Waals surface area contributed by atoms with Gasteiger partial charge < -0.3 is 14.8 Å². The molecule has 0 radical (unpaired) electrons. The molecule has 1 N–H and O–H groups in total. The number of ether oxygens (including phenoxy) is 2. The molecule has 1 saturated carbocycles. The van der Waals surface area contributed by atoms with E-state index in [2.05, 4.69) is 11.4 Å². The van der Waals surface area contributed by atoms with Crippen LogP contribution in [0.4, 0.5) is 0 Å². The summed E-state index contributed by atoms with van der Waals surface area (Å²) < 4.78 is 10.8. The summed E-state index contributed by atoms with van der Waals surface area (Å²) >= 11 is 0. The lowest BCUT2D eigenvalue weighted by atomic mass is 9.85. The monoisotopic (exact) mass is 219 g/mol. The standard InChI is InChI=1S/C13H17NO2/c1-3-10(4-1)7-14-8-11-5-2-6-12-13(11)16-9-15-12/h2,5-6,10,14H,1,3-4,7-9H2. The van der Waals surface area contributed by atoms with E-state index in [0.29, 0.717) is 6.79 Å². The first kappa shape index (κ1) is 9.97. The van der Waals surface area contributed by atoms with Gasteiger partial charge in [-0.15, -0.1) is 0 Å². The summed E-state index contributed by atoms with van der Waals surface area (Å²) in [5.74, 6) is 2.69. The second-order valence-corrected chi connectivity index (χ2v) is 4.58. The van der Waals surface area contributed by atoms with E-state index in [1.807, 2.05) is 12.1 Å². The molecule has 0 atom stereocenters. The summed E-state index contributed by atoms with van der Waals surface area (Å²) in [7, 11) is 0. The van der Waals surface area contributed by atoms with E-state index in [-0.39, 0.29) is 0 Å². The highest BCUT2D eigenvalue weighted by Gasteiger charge is 2.19. The number of fused-ring (bicyclic) bond motifs is 1. The van der Waals surface area contributed by atoms with Crippen LogP contribution in [0.1, 0.15) is 24.8 Å². The van der Waals surface area contributed by atoms with Crippen molar-refractivity contribution in [2.75, 3.05) is 13.3 Å². The van der Waals surface area contributed by atoms with Crippen LogP contribution in [0, 0.1) is 5.92 Å². The molecule has 0 unspecified atom stereocenters. The van der Waals surface area contributed by atoms with Crippen LogP contribution in [0.5, 0.6) is 11.5 Å². The van der Waals surface area contributed by atoms with Crippen molar-refractivity contribution in [3.63, 3.8) is 0 Å². The molecule has 1 aliphatic carbocycles. The second-order valence-electron chi connectivity index (χ2n) is 4.58. The summed E-state index contributed by atoms with van der Waals surface area (Å²) in [5.41, 5.74) is 1.20. The van der Waals surface area contributed by atoms with Crippen LogP contribution in [0.2, 0.25) is 0 Å². The molecule has 0 amide bonds. The van der Waals surface area contributed by atoms with Gasteiger partial charge in [0.05, 0.1) is 0 Å². The highest BCUT2D eigenvalue weighted by atomic mass is 16.7. The third-order valence-electron chi connectivity index (χ3n) is 3.45. The minimum Gasteiger partial charge on any atom is -0.454 e. The van der Waals surface area contributed by atoms with E-state index < -0.39 is 0 Å². The smallest absolute Gasteiger partial charge is 0.231 e. The molecule has 3 heteroatoms. The third-order valence-corrected chi connectivity index (χ3v) is 3.45. The number of para-hydroxylation sites is 1. The van der Waals surface area contributed by atoms with Crippen molar-refractivity contribution in [2.45, 2.75) is 25.8 Å². The average Bonchev–Trinajstić information content (AvgIpc) is 2.70. The lowest BCUT2D eigenvalue weighted by Crippen LogP contribution is -2.26. The van der Waals surface area contributed by atoms with Gasteiger partial charge in [0.1, 0.15) is 0 Å². The number of hydrogen-bond donors (Lipinski definition) is 1. The van der Waals surface area contributed by atoms with Crippen molar-refractivity contribution in [1.29, 1.82) is 0 Å². The zero-order chi connectivity index (χ0) is 10.8. The predicted octanol–water partition coefficient (Wildman–Crippen LogP) is 2.31. The van der Waals surface area contributed by atoms with Gasteiger partial charge >= 0.3 is 0 Å². The number of nitrogens with one attached hydrogen (secondary N) is 1. The summed E-state index contributed by atoms with van der Waals surface area (Å²) in [6.07, 6.45) is 4.18. The Morgan fingerprint density at radius 3 is 3.00 bits per heavy atom. The first-order chi connectivity index (χ1) is 7.93. The Morgan fingerprint density at radius 1 is 1.25 bits per heavy atom. The molecule has 1 aromatic carbocycles. The SMILES string of the molecule is c1cc(CNCC2CCC2)c2c(c1)OCO2. The molecule has 1 heterocycles. The van der Waals surface area contributed by atoms with Crippen LogP contribution in [0.25, 0.3) is 0 Å². The molecule has 1 aromatic rings. The molecule has 3 rings (SSSR count). The lowest BCUT2D eigenvalue weighted by molar-refractivity contribution is 0.173. The molecule has 86 valence electrons. The minimum absolute atomic E-state index is 0.356. The Hall–Kier alpha value is -1.22. The molecule has 3 nitrogen and oxygen atoms in total. The van der Waals surface area contributed by atoms with E-state index in [0.717, 1.165) is 30.5 Å². The van der Waals surface area contributed by atoms with Crippen LogP contribution >= 0.6 is 0 Å². The fourth-order valence-corrected chi connectivity index (χ4v) is 2.24. The fourth-order valence-electron chi connectivity index (χ4n) is 2.24. The van der Waals surface area contributed by atoms with Crippen LogP contribution < -0.4 is 14.8 Å². The molecule has 0 spiro atoms. The quantitative estimate of drug-likeness (QED) is 0.843. The molecule has 1 fully saturated rings. The minimum atomic E-state index is 0.356. The van der Waals surface area contributed by atoms with Gasteiger partial charge in [0, 0.05) is 12.1 Å². The molecule has 0 bridgehead atoms. The largest absolute Gasteiger partial charge is 0.454 e. The molecular weight excluding hydrogens is 202 g/mol. The molecule has 2 aliphatic rings. The molecule has 16 heavy (non-hydrogen) atoms. The Labute approximate surface area is 95.8 Å². The zero-order valence-corrected chi connectivity index (χ0v) is 9.37. The number of hydrogen-bond acceptors (Lipinski definition) is 3. The molecule has 0 aromatic heterocycles. The Balaban J connectivity index is 1.59. The van der Waals surface area contributed by atoms with Gasteiger partial charge in [-0.1, -0.05) is 18.6 Å². The maximum Gasteiger partial charge on any atom is 0.231 e. The van der Waals surface area contributed by atoms with Crippen LogP contribution in [0.15, 0.2) is 18.2 Å². The van der Waals surface area contributed by atoms with E-state index in [4.69, 9.17) is 9.47 Å². The summed E-state index contributed by atoms with van der Waals surface area (Å²) in [6, 6.07) is 6.08. The summed E-state index contributed by atoms with van der Waals surface area (Å²) in [6.45, 7) is 2.36. The van der Waals surface area contributed by atoms with Crippen LogP contribution in [0.3, 0.4) is 0 Å². The maximum absolute atomic E-state index is 5.47. The van der Waals surface area contributed by atoms with Crippen LogP contribution in [-0.2, 0) is 6.54 Å². The molecule has 1 aliphatic heterocycles. The predicted molar refractivity (Wildman–Crippen MR) is 61.6 cm³/mol. The normalized spacial score (nSPS) is 18.5. The second kappa shape index (κ2) is 4.34. The van der Waals surface area contributed by atoms with Crippen LogP contribution in [-0.4, -0.2) is 13.3 Å². The van der Waals surface area contributed by atoms with E-state index in [9.17, 15) is 0 Å². The van der Waals surface area contributed by atoms with E-state index >= 15 is 0 Å². The van der Waals surface area contributed by atoms with Crippen molar-refractivity contribution in [1.82, 2.24) is 5.32 Å². The van der Waals surface area contributed by atoms with Gasteiger partial charge in [-0.05, 0) is 31.4 Å². The highest BCUT2D eigenvalue weighted by Crippen LogP contribution is 2.35. The van der Waals surface area contributed by atoms with E-state index in [1.165, 1.54) is 24.8 Å². The third kappa shape index (κ3) is 1.87. The lowest BCUT2D eigenvalue weighted by Gasteiger charge is -2.25. The summed E-state index contributed by atoms with van der Waals surface area (Å²) in [5, 5.41) is 3.50. The van der Waals surface area contributed by atoms with Crippen molar-refractivity contribution < 1.29 is 9.47 Å². The summed E-state index contributed by atoms with van der Waals surface area (Å²) in [4.78, 5) is 0. The first-order valence-corrected chi connectivity index (χ1v) is 6.02. The van der Waals surface area contributed by atoms with Gasteiger partial charge in [-0.2, -0.15) is 0 Å². The van der Waals surface area contributed by atoms with Crippen molar-refractivity contribution in [3.05, 3.63) is 23.8 Å². The Kier molecular flexibility index (Phi) is 2.70. The van der Waals surface area contributed by atoms with Crippen molar-refractivity contribution in [3.8, 4) is 11.5 Å². The van der Waals surface area contributed by atoms with Gasteiger partial charge in [0.2, 0.25) is 6.79 Å². The maximum atomic E-state index is 5.47. The van der Waals surface area contributed by atoms with Crippen molar-refractivity contribution >= 4 is 0 Å². The zero-order valence-electron chi connectivity index (χ0n) is 9.37. The topological polar surface area (TPSA) is 30.5 Å². The van der Waals surface area contributed by atoms with Gasteiger partial charge in [0.25, 0.3) is 0 Å².